The molecule has 2 N–H and O–H groups in total. The highest BCUT2D eigenvalue weighted by Crippen LogP contribution is 2.21. The Morgan fingerprint density at radius 1 is 1.08 bits per heavy atom. The van der Waals surface area contributed by atoms with E-state index in [-0.39, 0.29) is 11.7 Å². The molecule has 0 aliphatic heterocycles. The third-order valence-electron chi connectivity index (χ3n) is 3.95. The van der Waals surface area contributed by atoms with Gasteiger partial charge >= 0.3 is 0 Å². The van der Waals surface area contributed by atoms with E-state index in [0.717, 1.165) is 12.1 Å². The number of hydrogen-bond acceptors (Lipinski definition) is 3. The molecule has 0 radical (unpaired) electrons. The van der Waals surface area contributed by atoms with Crippen LogP contribution in [0.5, 0.6) is 0 Å². The molecule has 126 valence electrons. The number of carbonyl (C=O) groups is 2. The lowest BCUT2D eigenvalue weighted by molar-refractivity contribution is -0.115. The molecule has 4 heteroatoms. The van der Waals surface area contributed by atoms with Crippen LogP contribution in [0.1, 0.15) is 41.8 Å². The molecule has 0 aliphatic rings. The molecule has 0 bridgehead atoms. The van der Waals surface area contributed by atoms with Crippen molar-refractivity contribution in [3.05, 3.63) is 59.2 Å². The first-order valence-electron chi connectivity index (χ1n) is 8.24. The van der Waals surface area contributed by atoms with E-state index in [1.165, 1.54) is 18.1 Å². The maximum Gasteiger partial charge on any atom is 0.226 e. The van der Waals surface area contributed by atoms with Crippen LogP contribution in [0.3, 0.4) is 0 Å². The summed E-state index contributed by atoms with van der Waals surface area (Å²) in [5.41, 5.74) is 4.80. The number of para-hydroxylation sites is 1. The maximum absolute atomic E-state index is 12.1. The van der Waals surface area contributed by atoms with Crippen molar-refractivity contribution in [3.8, 4) is 0 Å². The number of anilines is 2. The Morgan fingerprint density at radius 2 is 1.83 bits per heavy atom. The fraction of sp³-hybridized carbons (Fsp3) is 0.300. The Kier molecular flexibility index (Phi) is 6.13. The highest BCUT2D eigenvalue weighted by atomic mass is 16.1. The fourth-order valence-electron chi connectivity index (χ4n) is 2.62. The Hall–Kier alpha value is -2.62. The molecule has 0 unspecified atom stereocenters. The van der Waals surface area contributed by atoms with Crippen molar-refractivity contribution in [2.45, 2.75) is 33.6 Å². The van der Waals surface area contributed by atoms with Gasteiger partial charge in [-0.05, 0) is 43.5 Å². The van der Waals surface area contributed by atoms with Crippen LogP contribution < -0.4 is 10.6 Å². The van der Waals surface area contributed by atoms with Gasteiger partial charge in [-0.25, -0.2) is 0 Å². The normalized spacial score (nSPS) is 10.3. The molecule has 0 saturated carbocycles. The van der Waals surface area contributed by atoms with Crippen molar-refractivity contribution in [2.75, 3.05) is 17.2 Å². The molecule has 2 aromatic carbocycles. The number of ketones is 1. The SMILES string of the molecule is CCc1cccc(C)c1NCCC(=O)Nc1cccc(C(C)=O)c1. The summed E-state index contributed by atoms with van der Waals surface area (Å²) in [5, 5.41) is 6.20. The summed E-state index contributed by atoms with van der Waals surface area (Å²) in [6.07, 6.45) is 1.32. The molecule has 0 atom stereocenters. The number of nitrogens with one attached hydrogen (secondary N) is 2. The first-order chi connectivity index (χ1) is 11.5. The van der Waals surface area contributed by atoms with Gasteiger partial charge < -0.3 is 10.6 Å². The second-order valence-corrected chi connectivity index (χ2v) is 5.82. The Labute approximate surface area is 143 Å². The molecule has 1 amide bonds. The van der Waals surface area contributed by atoms with Gasteiger partial charge in [-0.15, -0.1) is 0 Å². The molecule has 2 aromatic rings. The smallest absolute Gasteiger partial charge is 0.226 e. The average Bonchev–Trinajstić information content (AvgIpc) is 2.56. The predicted molar refractivity (Wildman–Crippen MR) is 98.7 cm³/mol. The Morgan fingerprint density at radius 3 is 2.54 bits per heavy atom. The minimum atomic E-state index is -0.0742. The monoisotopic (exact) mass is 324 g/mol. The molecular weight excluding hydrogens is 300 g/mol. The number of carbonyl (C=O) groups excluding carboxylic acids is 2. The summed E-state index contributed by atoms with van der Waals surface area (Å²) in [6, 6.07) is 13.2. The van der Waals surface area contributed by atoms with Gasteiger partial charge in [0.1, 0.15) is 0 Å². The van der Waals surface area contributed by atoms with Crippen LogP contribution in [0.15, 0.2) is 42.5 Å². The van der Waals surface area contributed by atoms with Crippen LogP contribution in [0.25, 0.3) is 0 Å². The van der Waals surface area contributed by atoms with Crippen LogP contribution in [-0.2, 0) is 11.2 Å². The van der Waals surface area contributed by atoms with Crippen molar-refractivity contribution in [2.24, 2.45) is 0 Å². The number of benzene rings is 2. The van der Waals surface area contributed by atoms with Crippen LogP contribution in [-0.4, -0.2) is 18.2 Å². The minimum Gasteiger partial charge on any atom is -0.384 e. The summed E-state index contributed by atoms with van der Waals surface area (Å²) >= 11 is 0. The Balaban J connectivity index is 1.90. The molecule has 2 rings (SSSR count). The number of Topliss-reactive ketones (excluding diaryl/α,β-unsaturated/α-hetero) is 1. The van der Waals surface area contributed by atoms with Crippen LogP contribution in [0.4, 0.5) is 11.4 Å². The van der Waals surface area contributed by atoms with Gasteiger partial charge in [-0.1, -0.05) is 37.3 Å². The predicted octanol–water partition coefficient (Wildman–Crippen LogP) is 4.20. The van der Waals surface area contributed by atoms with Crippen LogP contribution >= 0.6 is 0 Å². The molecule has 0 saturated heterocycles. The topological polar surface area (TPSA) is 58.2 Å². The summed E-state index contributed by atoms with van der Waals surface area (Å²) in [5.74, 6) is -0.0887. The van der Waals surface area contributed by atoms with Gasteiger partial charge in [0.25, 0.3) is 0 Å². The van der Waals surface area contributed by atoms with Crippen molar-refractivity contribution in [1.82, 2.24) is 0 Å². The number of aryl methyl sites for hydroxylation is 2. The van der Waals surface area contributed by atoms with E-state index in [1.54, 1.807) is 24.3 Å². The van der Waals surface area contributed by atoms with Crippen molar-refractivity contribution in [1.29, 1.82) is 0 Å². The van der Waals surface area contributed by atoms with Gasteiger partial charge in [0, 0.05) is 29.9 Å². The zero-order valence-corrected chi connectivity index (χ0v) is 14.5. The Bertz CT molecular complexity index is 738. The van der Waals surface area contributed by atoms with Gasteiger partial charge in [0.2, 0.25) is 5.91 Å². The molecule has 0 fully saturated rings. The molecule has 0 spiro atoms. The van der Waals surface area contributed by atoms with E-state index >= 15 is 0 Å². The summed E-state index contributed by atoms with van der Waals surface area (Å²) in [4.78, 5) is 23.5. The summed E-state index contributed by atoms with van der Waals surface area (Å²) < 4.78 is 0. The van der Waals surface area contributed by atoms with E-state index in [4.69, 9.17) is 0 Å². The van der Waals surface area contributed by atoms with Gasteiger partial charge in [0.05, 0.1) is 0 Å². The van der Waals surface area contributed by atoms with Crippen molar-refractivity contribution in [3.63, 3.8) is 0 Å². The number of hydrogen-bond donors (Lipinski definition) is 2. The highest BCUT2D eigenvalue weighted by Gasteiger charge is 2.07. The van der Waals surface area contributed by atoms with Crippen LogP contribution in [0, 0.1) is 6.92 Å². The molecule has 0 heterocycles. The quantitative estimate of drug-likeness (QED) is 0.750. The maximum atomic E-state index is 12.1. The first-order valence-corrected chi connectivity index (χ1v) is 8.24. The number of rotatable bonds is 7. The molecule has 24 heavy (non-hydrogen) atoms. The second-order valence-electron chi connectivity index (χ2n) is 5.82. The van der Waals surface area contributed by atoms with E-state index in [9.17, 15) is 9.59 Å². The van der Waals surface area contributed by atoms with E-state index in [0.29, 0.717) is 24.2 Å². The molecule has 0 aromatic heterocycles. The average molecular weight is 324 g/mol. The largest absolute Gasteiger partial charge is 0.384 e. The van der Waals surface area contributed by atoms with E-state index < -0.39 is 0 Å². The lowest BCUT2D eigenvalue weighted by Crippen LogP contribution is -2.17. The molecule has 0 aliphatic carbocycles. The third-order valence-corrected chi connectivity index (χ3v) is 3.95. The standard InChI is InChI=1S/C20H24N2O2/c1-4-16-8-5-7-14(2)20(16)21-12-11-19(24)22-18-10-6-9-17(13-18)15(3)23/h5-10,13,21H,4,11-12H2,1-3H3,(H,22,24). The lowest BCUT2D eigenvalue weighted by atomic mass is 10.1. The second kappa shape index (κ2) is 8.29. The minimum absolute atomic E-state index is 0.0144. The first kappa shape index (κ1) is 17.7. The van der Waals surface area contributed by atoms with Crippen molar-refractivity contribution < 1.29 is 9.59 Å². The van der Waals surface area contributed by atoms with Crippen molar-refractivity contribution >= 4 is 23.1 Å². The summed E-state index contributed by atoms with van der Waals surface area (Å²) in [6.45, 7) is 6.26. The third kappa shape index (κ3) is 4.69. The van der Waals surface area contributed by atoms with Gasteiger partial charge in [-0.3, -0.25) is 9.59 Å². The van der Waals surface area contributed by atoms with Gasteiger partial charge in [0.15, 0.2) is 5.78 Å². The van der Waals surface area contributed by atoms with E-state index in [1.807, 2.05) is 6.07 Å². The zero-order valence-electron chi connectivity index (χ0n) is 14.5. The lowest BCUT2D eigenvalue weighted by Gasteiger charge is -2.14. The van der Waals surface area contributed by atoms with Gasteiger partial charge in [-0.2, -0.15) is 0 Å². The van der Waals surface area contributed by atoms with E-state index in [2.05, 4.69) is 36.6 Å². The molecule has 4 nitrogen and oxygen atoms in total. The number of amides is 1. The zero-order chi connectivity index (χ0) is 17.5. The highest BCUT2D eigenvalue weighted by molar-refractivity contribution is 5.97. The fourth-order valence-corrected chi connectivity index (χ4v) is 2.62. The van der Waals surface area contributed by atoms with Crippen LogP contribution in [0.2, 0.25) is 0 Å². The molecular formula is C20H24N2O2. The summed E-state index contributed by atoms with van der Waals surface area (Å²) in [7, 11) is 0.